The number of rotatable bonds is 1. The first-order valence-corrected chi connectivity index (χ1v) is 6.91. The Balaban J connectivity index is 1.78. The lowest BCUT2D eigenvalue weighted by atomic mass is 10.1. The number of thiophene rings is 1. The lowest BCUT2D eigenvalue weighted by Crippen LogP contribution is -2.36. The fourth-order valence-corrected chi connectivity index (χ4v) is 3.87. The Morgan fingerprint density at radius 1 is 1.53 bits per heavy atom. The van der Waals surface area contributed by atoms with Crippen molar-refractivity contribution in [1.29, 1.82) is 0 Å². The van der Waals surface area contributed by atoms with E-state index in [0.717, 1.165) is 32.4 Å². The molecule has 2 heterocycles. The molecule has 0 atom stereocenters. The van der Waals surface area contributed by atoms with Crippen molar-refractivity contribution in [3.05, 3.63) is 20.3 Å². The topological polar surface area (TPSA) is 20.3 Å². The molecule has 1 fully saturated rings. The number of hydrogen-bond donors (Lipinski definition) is 0. The second kappa shape index (κ2) is 3.59. The zero-order valence-corrected chi connectivity index (χ0v) is 10.7. The molecule has 1 aromatic rings. The van der Waals surface area contributed by atoms with Crippen LogP contribution in [0.15, 0.2) is 9.85 Å². The van der Waals surface area contributed by atoms with E-state index < -0.39 is 0 Å². The minimum Gasteiger partial charge on any atom is -0.337 e. The van der Waals surface area contributed by atoms with Crippen molar-refractivity contribution < 1.29 is 4.79 Å². The van der Waals surface area contributed by atoms with Gasteiger partial charge in [0.25, 0.3) is 0 Å². The molecule has 0 aromatic carbocycles. The summed E-state index contributed by atoms with van der Waals surface area (Å²) >= 11 is 5.27. The minimum absolute atomic E-state index is 0.356. The third-order valence-corrected chi connectivity index (χ3v) is 4.76. The van der Waals surface area contributed by atoms with E-state index in [2.05, 4.69) is 22.0 Å². The van der Waals surface area contributed by atoms with Gasteiger partial charge in [0.15, 0.2) is 0 Å². The Morgan fingerprint density at radius 2 is 2.33 bits per heavy atom. The van der Waals surface area contributed by atoms with Gasteiger partial charge in [0, 0.05) is 17.3 Å². The van der Waals surface area contributed by atoms with E-state index in [4.69, 9.17) is 0 Å². The van der Waals surface area contributed by atoms with E-state index in [9.17, 15) is 4.79 Å². The van der Waals surface area contributed by atoms with Crippen LogP contribution in [0.5, 0.6) is 0 Å². The maximum Gasteiger partial charge on any atom is 0.226 e. The van der Waals surface area contributed by atoms with Crippen LogP contribution in [0, 0.1) is 5.92 Å². The van der Waals surface area contributed by atoms with Crippen molar-refractivity contribution in [2.75, 3.05) is 6.54 Å². The van der Waals surface area contributed by atoms with Crippen molar-refractivity contribution >= 4 is 33.2 Å². The summed E-state index contributed by atoms with van der Waals surface area (Å²) in [5, 5.41) is 0. The van der Waals surface area contributed by atoms with Crippen molar-refractivity contribution in [3.63, 3.8) is 0 Å². The molecular weight excluding hydrogens is 274 g/mol. The second-order valence-corrected chi connectivity index (χ2v) is 6.80. The lowest BCUT2D eigenvalue weighted by Gasteiger charge is -2.26. The highest BCUT2D eigenvalue weighted by molar-refractivity contribution is 9.11. The van der Waals surface area contributed by atoms with Crippen LogP contribution in [-0.4, -0.2) is 17.4 Å². The molecule has 1 saturated carbocycles. The van der Waals surface area contributed by atoms with Gasteiger partial charge in [-0.15, -0.1) is 11.3 Å². The highest BCUT2D eigenvalue weighted by Gasteiger charge is 2.34. The van der Waals surface area contributed by atoms with Crippen molar-refractivity contribution in [2.45, 2.75) is 25.8 Å². The first-order valence-electron chi connectivity index (χ1n) is 5.30. The summed E-state index contributed by atoms with van der Waals surface area (Å²) in [6.07, 6.45) is 3.24. The molecule has 4 heteroatoms. The summed E-state index contributed by atoms with van der Waals surface area (Å²) in [6.45, 7) is 1.74. The predicted octanol–water partition coefficient (Wildman–Crippen LogP) is 2.81. The normalized spacial score (nSPS) is 20.2. The molecule has 2 nitrogen and oxygen atoms in total. The molecule has 0 unspecified atom stereocenters. The maximum atomic E-state index is 11.9. The molecule has 0 radical (unpaired) electrons. The summed E-state index contributed by atoms with van der Waals surface area (Å²) in [7, 11) is 0. The highest BCUT2D eigenvalue weighted by atomic mass is 79.9. The minimum atomic E-state index is 0.356. The average molecular weight is 286 g/mol. The van der Waals surface area contributed by atoms with E-state index in [1.807, 2.05) is 4.90 Å². The van der Waals surface area contributed by atoms with Gasteiger partial charge >= 0.3 is 0 Å². The Kier molecular flexibility index (Phi) is 2.36. The summed E-state index contributed by atoms with van der Waals surface area (Å²) in [5.74, 6) is 0.736. The molecule has 1 aliphatic carbocycles. The molecule has 1 aliphatic heterocycles. The summed E-state index contributed by atoms with van der Waals surface area (Å²) in [4.78, 5) is 15.3. The van der Waals surface area contributed by atoms with Gasteiger partial charge in [0.05, 0.1) is 10.3 Å². The van der Waals surface area contributed by atoms with Gasteiger partial charge in [-0.1, -0.05) is 0 Å². The standard InChI is InChI=1S/C11H12BrNOS/c12-10-5-8-3-4-13(6-9(8)15-10)11(14)7-1-2-7/h5,7H,1-4,6H2. The average Bonchev–Trinajstić information content (AvgIpc) is 2.98. The van der Waals surface area contributed by atoms with Crippen molar-refractivity contribution in [3.8, 4) is 0 Å². The summed E-state index contributed by atoms with van der Waals surface area (Å²) in [6, 6.07) is 2.19. The first-order chi connectivity index (χ1) is 7.24. The third-order valence-electron chi connectivity index (χ3n) is 3.09. The Labute approximate surface area is 101 Å². The monoisotopic (exact) mass is 285 g/mol. The van der Waals surface area contributed by atoms with E-state index in [-0.39, 0.29) is 0 Å². The molecule has 15 heavy (non-hydrogen) atoms. The Morgan fingerprint density at radius 3 is 3.07 bits per heavy atom. The van der Waals surface area contributed by atoms with Gasteiger partial charge in [0.1, 0.15) is 0 Å². The van der Waals surface area contributed by atoms with Crippen molar-refractivity contribution in [2.24, 2.45) is 5.92 Å². The fourth-order valence-electron chi connectivity index (χ4n) is 2.06. The number of hydrogen-bond acceptors (Lipinski definition) is 2. The first kappa shape index (κ1) is 9.85. The molecule has 3 rings (SSSR count). The van der Waals surface area contributed by atoms with E-state index in [1.54, 1.807) is 11.3 Å². The van der Waals surface area contributed by atoms with Gasteiger partial charge in [-0.05, 0) is 46.8 Å². The van der Waals surface area contributed by atoms with Crippen LogP contribution in [-0.2, 0) is 17.8 Å². The number of nitrogens with zero attached hydrogens (tertiary/aromatic N) is 1. The van der Waals surface area contributed by atoms with Gasteiger partial charge in [-0.2, -0.15) is 0 Å². The molecule has 0 bridgehead atoms. The smallest absolute Gasteiger partial charge is 0.226 e. The second-order valence-electron chi connectivity index (χ2n) is 4.28. The van der Waals surface area contributed by atoms with Crippen molar-refractivity contribution in [1.82, 2.24) is 4.90 Å². The van der Waals surface area contributed by atoms with Crippen LogP contribution in [0.4, 0.5) is 0 Å². The molecule has 80 valence electrons. The summed E-state index contributed by atoms with van der Waals surface area (Å²) in [5.41, 5.74) is 1.42. The molecule has 2 aliphatic rings. The third kappa shape index (κ3) is 1.85. The largest absolute Gasteiger partial charge is 0.337 e. The Hall–Kier alpha value is -0.350. The Bertz CT molecular complexity index is 411. The SMILES string of the molecule is O=C(C1CC1)N1CCc2cc(Br)sc2C1. The number of amides is 1. The van der Waals surface area contributed by atoms with E-state index in [1.165, 1.54) is 14.2 Å². The van der Waals surface area contributed by atoms with E-state index in [0.29, 0.717) is 11.8 Å². The summed E-state index contributed by atoms with van der Waals surface area (Å²) < 4.78 is 1.19. The van der Waals surface area contributed by atoms with Gasteiger partial charge in [-0.3, -0.25) is 4.79 Å². The van der Waals surface area contributed by atoms with Gasteiger partial charge in [0.2, 0.25) is 5.91 Å². The van der Waals surface area contributed by atoms with Crippen LogP contribution in [0.3, 0.4) is 0 Å². The van der Waals surface area contributed by atoms with Gasteiger partial charge in [-0.25, -0.2) is 0 Å². The number of halogens is 1. The zero-order valence-electron chi connectivity index (χ0n) is 8.33. The zero-order chi connectivity index (χ0) is 10.4. The van der Waals surface area contributed by atoms with E-state index >= 15 is 0 Å². The number of carbonyl (C=O) groups is 1. The maximum absolute atomic E-state index is 11.9. The number of carbonyl (C=O) groups excluding carboxylic acids is 1. The molecule has 1 aromatic heterocycles. The van der Waals surface area contributed by atoms with Gasteiger partial charge < -0.3 is 4.90 Å². The molecule has 0 spiro atoms. The number of fused-ring (bicyclic) bond motifs is 1. The quantitative estimate of drug-likeness (QED) is 0.777. The molecule has 1 amide bonds. The van der Waals surface area contributed by atoms with Crippen LogP contribution in [0.2, 0.25) is 0 Å². The predicted molar refractivity (Wildman–Crippen MR) is 63.9 cm³/mol. The lowest BCUT2D eigenvalue weighted by molar-refractivity contribution is -0.133. The van der Waals surface area contributed by atoms with Crippen LogP contribution in [0.1, 0.15) is 23.3 Å². The molecule has 0 N–H and O–H groups in total. The highest BCUT2D eigenvalue weighted by Crippen LogP contribution is 2.35. The van der Waals surface area contributed by atoms with Crippen LogP contribution in [0.25, 0.3) is 0 Å². The van der Waals surface area contributed by atoms with Crippen LogP contribution < -0.4 is 0 Å². The molecule has 0 saturated heterocycles. The molecular formula is C11H12BrNOS. The van der Waals surface area contributed by atoms with Crippen LogP contribution >= 0.6 is 27.3 Å². The fraction of sp³-hybridized carbons (Fsp3) is 0.545.